The number of nitrogens with zero attached hydrogens (tertiary/aromatic N) is 2. The van der Waals surface area contributed by atoms with E-state index in [0.717, 1.165) is 24.8 Å². The Hall–Kier alpha value is -2.82. The number of phenols is 2. The van der Waals surface area contributed by atoms with E-state index >= 15 is 0 Å². The third-order valence-electron chi connectivity index (χ3n) is 8.04. The van der Waals surface area contributed by atoms with Gasteiger partial charge in [-0.3, -0.25) is 0 Å². The second-order valence-electron chi connectivity index (χ2n) is 9.52. The maximum absolute atomic E-state index is 9.87. The highest BCUT2D eigenvalue weighted by atomic mass is 16.5. The van der Waals surface area contributed by atoms with E-state index in [-0.39, 0.29) is 11.2 Å². The Bertz CT molecular complexity index is 1060. The first kappa shape index (κ1) is 20.1. The molecule has 162 valence electrons. The molecule has 2 saturated carbocycles. The van der Waals surface area contributed by atoms with Crippen molar-refractivity contribution < 1.29 is 14.9 Å². The third kappa shape index (κ3) is 3.40. The first-order valence-electron chi connectivity index (χ1n) is 11.3. The molecule has 5 rings (SSSR count). The number of aromatic hydroxyl groups is 2. The Balaban J connectivity index is 1.36. The Morgan fingerprint density at radius 3 is 2.77 bits per heavy atom. The molecule has 0 aromatic heterocycles. The fourth-order valence-electron chi connectivity index (χ4n) is 6.46. The van der Waals surface area contributed by atoms with E-state index in [4.69, 9.17) is 9.84 Å². The van der Waals surface area contributed by atoms with E-state index in [2.05, 4.69) is 18.1 Å². The van der Waals surface area contributed by atoms with Crippen molar-refractivity contribution in [2.24, 2.45) is 27.5 Å². The molecule has 3 aliphatic rings. The fourth-order valence-corrected chi connectivity index (χ4v) is 6.46. The van der Waals surface area contributed by atoms with Gasteiger partial charge in [0.2, 0.25) is 0 Å². The van der Waals surface area contributed by atoms with Crippen LogP contribution in [0, 0.1) is 17.3 Å². The maximum atomic E-state index is 9.87. The van der Waals surface area contributed by atoms with Crippen LogP contribution in [-0.4, -0.2) is 29.2 Å². The zero-order chi connectivity index (χ0) is 21.6. The number of rotatable bonds is 3. The minimum absolute atomic E-state index is 0.123. The molecule has 0 amide bonds. The van der Waals surface area contributed by atoms with E-state index in [1.807, 2.05) is 18.2 Å². The van der Waals surface area contributed by atoms with Crippen molar-refractivity contribution in [3.63, 3.8) is 0 Å². The van der Waals surface area contributed by atoms with Crippen molar-refractivity contribution >= 4 is 11.9 Å². The molecule has 2 N–H and O–H groups in total. The van der Waals surface area contributed by atoms with Gasteiger partial charge in [-0.15, -0.1) is 0 Å². The van der Waals surface area contributed by atoms with Gasteiger partial charge >= 0.3 is 0 Å². The standard InChI is InChI=1S/C26H30N2O3/c1-26-12-11-20-19-7-5-18(29)14-17(19)4-6-21(20)22(26)8-10-25(26)28-27-15-16-3-9-23(30)24(13-16)31-2/h3,5,7,9,13-15,20-22,29-30H,4,6,8,10-12H2,1-2H3/b27-15-,28-25-/t20-,21-,22-,26+/m1/s1. The summed E-state index contributed by atoms with van der Waals surface area (Å²) >= 11 is 0. The summed E-state index contributed by atoms with van der Waals surface area (Å²) in [6.45, 7) is 2.39. The van der Waals surface area contributed by atoms with Gasteiger partial charge in [0, 0.05) is 11.1 Å². The molecule has 5 heteroatoms. The number of ether oxygens (including phenoxy) is 1. The van der Waals surface area contributed by atoms with Gasteiger partial charge in [0.05, 0.1) is 13.3 Å². The fraction of sp³-hybridized carbons (Fsp3) is 0.462. The molecule has 3 aliphatic carbocycles. The average molecular weight is 419 g/mol. The van der Waals surface area contributed by atoms with E-state index in [9.17, 15) is 10.2 Å². The zero-order valence-electron chi connectivity index (χ0n) is 18.2. The Morgan fingerprint density at radius 2 is 1.94 bits per heavy atom. The molecule has 5 nitrogen and oxygen atoms in total. The van der Waals surface area contributed by atoms with E-state index < -0.39 is 0 Å². The molecule has 2 aromatic rings. The molecular formula is C26H30N2O3. The predicted octanol–water partition coefficient (Wildman–Crippen LogP) is 5.44. The summed E-state index contributed by atoms with van der Waals surface area (Å²) in [6.07, 6.45) is 8.51. The number of fused-ring (bicyclic) bond motifs is 5. The lowest BCUT2D eigenvalue weighted by molar-refractivity contribution is 0.0955. The van der Waals surface area contributed by atoms with Crippen molar-refractivity contribution in [3.8, 4) is 17.2 Å². The lowest BCUT2D eigenvalue weighted by Crippen LogP contribution is -2.42. The summed E-state index contributed by atoms with van der Waals surface area (Å²) in [5.74, 6) is 2.89. The SMILES string of the molecule is COc1cc(/C=N\N=C2\CC[C@@H]3[C@@H]4CCc5cc(O)ccc5[C@H]4CC[C@]23C)ccc1O. The van der Waals surface area contributed by atoms with Gasteiger partial charge in [0.25, 0.3) is 0 Å². The smallest absolute Gasteiger partial charge is 0.161 e. The molecule has 0 radical (unpaired) electrons. The third-order valence-corrected chi connectivity index (χ3v) is 8.04. The highest BCUT2D eigenvalue weighted by Gasteiger charge is 2.53. The predicted molar refractivity (Wildman–Crippen MR) is 122 cm³/mol. The minimum Gasteiger partial charge on any atom is -0.508 e. The molecule has 0 spiro atoms. The summed E-state index contributed by atoms with van der Waals surface area (Å²) in [6, 6.07) is 11.2. The van der Waals surface area contributed by atoms with Crippen molar-refractivity contribution in [3.05, 3.63) is 53.1 Å². The quantitative estimate of drug-likeness (QED) is 0.515. The molecule has 2 aromatic carbocycles. The molecule has 0 bridgehead atoms. The summed E-state index contributed by atoms with van der Waals surface area (Å²) in [4.78, 5) is 0. The van der Waals surface area contributed by atoms with Gasteiger partial charge in [-0.05, 0) is 103 Å². The number of hydrogen-bond acceptors (Lipinski definition) is 5. The van der Waals surface area contributed by atoms with Gasteiger partial charge < -0.3 is 14.9 Å². The lowest BCUT2D eigenvalue weighted by atomic mass is 9.55. The van der Waals surface area contributed by atoms with Crippen LogP contribution in [0.2, 0.25) is 0 Å². The van der Waals surface area contributed by atoms with E-state index in [0.29, 0.717) is 29.3 Å². The molecule has 2 fully saturated rings. The largest absolute Gasteiger partial charge is 0.508 e. The van der Waals surface area contributed by atoms with Crippen LogP contribution in [0.15, 0.2) is 46.6 Å². The number of methoxy groups -OCH3 is 1. The van der Waals surface area contributed by atoms with Crippen LogP contribution in [0.3, 0.4) is 0 Å². The number of aryl methyl sites for hydroxylation is 1. The minimum atomic E-state index is 0.123. The summed E-state index contributed by atoms with van der Waals surface area (Å²) in [7, 11) is 1.54. The Labute approximate surface area is 183 Å². The van der Waals surface area contributed by atoms with Crippen molar-refractivity contribution in [2.75, 3.05) is 7.11 Å². The molecule has 4 atom stereocenters. The van der Waals surface area contributed by atoms with Crippen LogP contribution in [0.4, 0.5) is 0 Å². The lowest BCUT2D eigenvalue weighted by Gasteiger charge is -2.49. The van der Waals surface area contributed by atoms with E-state index in [1.54, 1.807) is 25.5 Å². The van der Waals surface area contributed by atoms with Crippen molar-refractivity contribution in [2.45, 2.75) is 51.4 Å². The number of hydrogen-bond donors (Lipinski definition) is 2. The number of phenolic OH excluding ortho intramolecular Hbond substituents is 2. The Kier molecular flexibility index (Phi) is 4.99. The average Bonchev–Trinajstić information content (AvgIpc) is 3.11. The molecule has 31 heavy (non-hydrogen) atoms. The second-order valence-corrected chi connectivity index (χ2v) is 9.52. The Morgan fingerprint density at radius 1 is 1.06 bits per heavy atom. The van der Waals surface area contributed by atoms with Gasteiger partial charge in [0.1, 0.15) is 5.75 Å². The monoisotopic (exact) mass is 418 g/mol. The first-order chi connectivity index (χ1) is 15.0. The summed E-state index contributed by atoms with van der Waals surface area (Å²) in [5, 5.41) is 28.7. The summed E-state index contributed by atoms with van der Waals surface area (Å²) < 4.78 is 5.17. The van der Waals surface area contributed by atoms with Crippen LogP contribution in [-0.2, 0) is 6.42 Å². The summed E-state index contributed by atoms with van der Waals surface area (Å²) in [5.41, 5.74) is 5.01. The molecule has 0 saturated heterocycles. The highest BCUT2D eigenvalue weighted by molar-refractivity contribution is 5.93. The highest BCUT2D eigenvalue weighted by Crippen LogP contribution is 2.60. The molecule has 0 heterocycles. The molecule has 0 unspecified atom stereocenters. The van der Waals surface area contributed by atoms with Gasteiger partial charge in [-0.25, -0.2) is 0 Å². The van der Waals surface area contributed by atoms with Crippen LogP contribution >= 0.6 is 0 Å². The van der Waals surface area contributed by atoms with Gasteiger partial charge in [-0.2, -0.15) is 10.2 Å². The first-order valence-corrected chi connectivity index (χ1v) is 11.3. The van der Waals surface area contributed by atoms with Crippen LogP contribution in [0.5, 0.6) is 17.2 Å². The van der Waals surface area contributed by atoms with Gasteiger partial charge in [-0.1, -0.05) is 13.0 Å². The van der Waals surface area contributed by atoms with Crippen LogP contribution < -0.4 is 4.74 Å². The van der Waals surface area contributed by atoms with Gasteiger partial charge in [0.15, 0.2) is 11.5 Å². The van der Waals surface area contributed by atoms with Crippen molar-refractivity contribution in [1.29, 1.82) is 0 Å². The van der Waals surface area contributed by atoms with Crippen LogP contribution in [0.25, 0.3) is 0 Å². The van der Waals surface area contributed by atoms with Crippen molar-refractivity contribution in [1.82, 2.24) is 0 Å². The topological polar surface area (TPSA) is 74.4 Å². The van der Waals surface area contributed by atoms with E-state index in [1.165, 1.54) is 36.1 Å². The molecule has 0 aliphatic heterocycles. The van der Waals surface area contributed by atoms with Crippen LogP contribution in [0.1, 0.15) is 61.6 Å². The zero-order valence-corrected chi connectivity index (χ0v) is 18.2. The molecular weight excluding hydrogens is 388 g/mol. The normalized spacial score (nSPS) is 30.8. The maximum Gasteiger partial charge on any atom is 0.161 e. The second kappa shape index (κ2) is 7.70. The number of benzene rings is 2.